The topological polar surface area (TPSA) is 45.6 Å². The van der Waals surface area contributed by atoms with Crippen LogP contribution in [0.1, 0.15) is 76.7 Å². The van der Waals surface area contributed by atoms with E-state index >= 15 is 0 Å². The molecule has 1 aliphatic rings. The van der Waals surface area contributed by atoms with Crippen LogP contribution in [0.5, 0.6) is 5.75 Å². The number of hydrogen-bond donors (Lipinski definition) is 1. The zero-order chi connectivity index (χ0) is 22.6. The molecular formula is C28H44N2O2. The number of hydrogen-bond acceptors (Lipinski definition) is 4. The van der Waals surface area contributed by atoms with Crippen molar-refractivity contribution in [2.45, 2.75) is 77.6 Å². The van der Waals surface area contributed by atoms with Crippen LogP contribution >= 0.6 is 0 Å². The van der Waals surface area contributed by atoms with E-state index in [1.165, 1.54) is 88.4 Å². The van der Waals surface area contributed by atoms with Crippen molar-refractivity contribution < 1.29 is 9.84 Å². The molecule has 0 aliphatic carbocycles. The van der Waals surface area contributed by atoms with E-state index in [0.717, 1.165) is 35.9 Å². The van der Waals surface area contributed by atoms with Gasteiger partial charge in [-0.15, -0.1) is 0 Å². The Hall–Kier alpha value is -1.65. The third-order valence-electron chi connectivity index (χ3n) is 7.35. The van der Waals surface area contributed by atoms with Crippen molar-refractivity contribution in [2.24, 2.45) is 11.8 Å². The van der Waals surface area contributed by atoms with E-state index < -0.39 is 0 Å². The lowest BCUT2D eigenvalue weighted by Gasteiger charge is -2.39. The van der Waals surface area contributed by atoms with Crippen molar-refractivity contribution in [1.29, 1.82) is 0 Å². The molecule has 2 heterocycles. The Kier molecular flexibility index (Phi) is 10.8. The second kappa shape index (κ2) is 13.8. The molecule has 1 aromatic heterocycles. The summed E-state index contributed by atoms with van der Waals surface area (Å²) in [4.78, 5) is 7.23. The predicted octanol–water partition coefficient (Wildman–Crippen LogP) is 6.25. The molecule has 0 bridgehead atoms. The average molecular weight is 441 g/mol. The van der Waals surface area contributed by atoms with Crippen LogP contribution in [0.2, 0.25) is 0 Å². The first-order valence-electron chi connectivity index (χ1n) is 13.0. The fourth-order valence-electron chi connectivity index (χ4n) is 5.44. The number of methoxy groups -OCH3 is 1. The first-order chi connectivity index (χ1) is 15.7. The number of piperidine rings is 1. The summed E-state index contributed by atoms with van der Waals surface area (Å²) >= 11 is 0. The molecule has 0 amide bonds. The SMILES string of the molecule is CCCCCCCN1CC[C@@H](CCCc2ccnc3ccc(OC)cc23)[C@@H](CCCO)C1. The molecule has 1 aliphatic heterocycles. The number of fused-ring (bicyclic) bond motifs is 1. The lowest BCUT2D eigenvalue weighted by atomic mass is 9.79. The average Bonchev–Trinajstić information content (AvgIpc) is 2.83. The number of ether oxygens (including phenoxy) is 1. The summed E-state index contributed by atoms with van der Waals surface area (Å²) in [5.74, 6) is 2.43. The van der Waals surface area contributed by atoms with Crippen LogP contribution in [0, 0.1) is 11.8 Å². The van der Waals surface area contributed by atoms with Crippen LogP contribution in [0.4, 0.5) is 0 Å². The van der Waals surface area contributed by atoms with Crippen molar-refractivity contribution in [3.05, 3.63) is 36.0 Å². The van der Waals surface area contributed by atoms with Crippen LogP contribution < -0.4 is 4.74 Å². The van der Waals surface area contributed by atoms with E-state index in [1.54, 1.807) is 7.11 Å². The molecule has 4 heteroatoms. The molecule has 178 valence electrons. The zero-order valence-corrected chi connectivity index (χ0v) is 20.4. The van der Waals surface area contributed by atoms with E-state index in [-0.39, 0.29) is 0 Å². The fraction of sp³-hybridized carbons (Fsp3) is 0.679. The highest BCUT2D eigenvalue weighted by atomic mass is 16.5. The van der Waals surface area contributed by atoms with E-state index in [4.69, 9.17) is 4.74 Å². The molecule has 32 heavy (non-hydrogen) atoms. The molecule has 0 radical (unpaired) electrons. The summed E-state index contributed by atoms with van der Waals surface area (Å²) in [6, 6.07) is 8.34. The first-order valence-corrected chi connectivity index (χ1v) is 13.0. The summed E-state index contributed by atoms with van der Waals surface area (Å²) in [6.07, 6.45) is 15.8. The van der Waals surface area contributed by atoms with E-state index in [9.17, 15) is 5.11 Å². The second-order valence-corrected chi connectivity index (χ2v) is 9.63. The summed E-state index contributed by atoms with van der Waals surface area (Å²) in [5, 5.41) is 10.6. The van der Waals surface area contributed by atoms with Gasteiger partial charge in [0.2, 0.25) is 0 Å². The minimum atomic E-state index is 0.324. The molecule has 2 atom stereocenters. The number of pyridine rings is 1. The Morgan fingerprint density at radius 2 is 1.88 bits per heavy atom. The molecule has 1 N–H and O–H groups in total. The molecule has 2 aromatic rings. The number of aryl methyl sites for hydroxylation is 1. The van der Waals surface area contributed by atoms with Crippen LogP contribution in [0.25, 0.3) is 10.9 Å². The standard InChI is InChI=1S/C28H44N2O2/c1-3-4-5-6-7-18-30-19-16-23(25(22-30)12-9-20-31)10-8-11-24-15-17-29-28-14-13-26(32-2)21-27(24)28/h13-15,17,21,23,25,31H,3-12,16,18-20,22H2,1-2H3/t23-,25+/m1/s1. The summed E-state index contributed by atoms with van der Waals surface area (Å²) < 4.78 is 5.43. The van der Waals surface area contributed by atoms with Gasteiger partial charge >= 0.3 is 0 Å². The van der Waals surface area contributed by atoms with Gasteiger partial charge in [0.1, 0.15) is 5.75 Å². The van der Waals surface area contributed by atoms with Gasteiger partial charge in [0.15, 0.2) is 0 Å². The minimum absolute atomic E-state index is 0.324. The van der Waals surface area contributed by atoms with Crippen LogP contribution in [0.3, 0.4) is 0 Å². The number of aliphatic hydroxyl groups is 1. The number of likely N-dealkylation sites (tertiary alicyclic amines) is 1. The minimum Gasteiger partial charge on any atom is -0.497 e. The van der Waals surface area contributed by atoms with Crippen molar-refractivity contribution in [3.63, 3.8) is 0 Å². The smallest absolute Gasteiger partial charge is 0.119 e. The van der Waals surface area contributed by atoms with Crippen LogP contribution in [-0.4, -0.2) is 48.3 Å². The van der Waals surface area contributed by atoms with Crippen molar-refractivity contribution in [3.8, 4) is 5.75 Å². The molecular weight excluding hydrogens is 396 g/mol. The van der Waals surface area contributed by atoms with Gasteiger partial charge in [-0.05, 0) is 99.7 Å². The van der Waals surface area contributed by atoms with E-state index in [1.807, 2.05) is 12.3 Å². The molecule has 0 spiro atoms. The van der Waals surface area contributed by atoms with Crippen molar-refractivity contribution >= 4 is 10.9 Å². The lowest BCUT2D eigenvalue weighted by Crippen LogP contribution is -2.41. The van der Waals surface area contributed by atoms with Gasteiger partial charge in [-0.3, -0.25) is 4.98 Å². The Balaban J connectivity index is 1.51. The summed E-state index contributed by atoms with van der Waals surface area (Å²) in [7, 11) is 1.72. The van der Waals surface area contributed by atoms with Gasteiger partial charge in [-0.1, -0.05) is 32.6 Å². The predicted molar refractivity (Wildman–Crippen MR) is 134 cm³/mol. The van der Waals surface area contributed by atoms with Crippen molar-refractivity contribution in [1.82, 2.24) is 9.88 Å². The normalized spacial score (nSPS) is 19.5. The Bertz CT molecular complexity index is 794. The largest absolute Gasteiger partial charge is 0.497 e. The van der Waals surface area contributed by atoms with Gasteiger partial charge in [0.25, 0.3) is 0 Å². The van der Waals surface area contributed by atoms with E-state index in [2.05, 4.69) is 35.0 Å². The molecule has 3 rings (SSSR count). The molecule has 0 unspecified atom stereocenters. The van der Waals surface area contributed by atoms with Gasteiger partial charge in [-0.25, -0.2) is 0 Å². The Labute approximate surface area is 195 Å². The highest BCUT2D eigenvalue weighted by Crippen LogP contribution is 2.32. The molecule has 1 fully saturated rings. The first kappa shape index (κ1) is 25.0. The summed E-state index contributed by atoms with van der Waals surface area (Å²) in [6.45, 7) is 6.35. The molecule has 1 aromatic carbocycles. The molecule has 4 nitrogen and oxygen atoms in total. The van der Waals surface area contributed by atoms with Gasteiger partial charge in [-0.2, -0.15) is 0 Å². The zero-order valence-electron chi connectivity index (χ0n) is 20.4. The monoisotopic (exact) mass is 440 g/mol. The maximum absolute atomic E-state index is 9.41. The van der Waals surface area contributed by atoms with Crippen molar-refractivity contribution in [2.75, 3.05) is 33.4 Å². The number of aliphatic hydroxyl groups excluding tert-OH is 1. The summed E-state index contributed by atoms with van der Waals surface area (Å²) in [5.41, 5.74) is 2.43. The highest BCUT2D eigenvalue weighted by Gasteiger charge is 2.28. The van der Waals surface area contributed by atoms with Gasteiger partial charge in [0, 0.05) is 24.7 Å². The number of unbranched alkanes of at least 4 members (excludes halogenated alkanes) is 4. The fourth-order valence-corrected chi connectivity index (χ4v) is 5.44. The second-order valence-electron chi connectivity index (χ2n) is 9.63. The quantitative estimate of drug-likeness (QED) is 0.353. The molecule has 0 saturated carbocycles. The maximum Gasteiger partial charge on any atom is 0.119 e. The maximum atomic E-state index is 9.41. The third-order valence-corrected chi connectivity index (χ3v) is 7.35. The van der Waals surface area contributed by atoms with Crippen LogP contribution in [-0.2, 0) is 6.42 Å². The van der Waals surface area contributed by atoms with Gasteiger partial charge in [0.05, 0.1) is 12.6 Å². The lowest BCUT2D eigenvalue weighted by molar-refractivity contribution is 0.0988. The number of aromatic nitrogens is 1. The Morgan fingerprint density at radius 1 is 1.03 bits per heavy atom. The molecule has 1 saturated heterocycles. The van der Waals surface area contributed by atoms with Gasteiger partial charge < -0.3 is 14.7 Å². The third kappa shape index (κ3) is 7.45. The number of benzene rings is 1. The number of nitrogens with zero attached hydrogens (tertiary/aromatic N) is 2. The van der Waals surface area contributed by atoms with Crippen LogP contribution in [0.15, 0.2) is 30.5 Å². The highest BCUT2D eigenvalue weighted by molar-refractivity contribution is 5.83. The Morgan fingerprint density at radius 3 is 2.69 bits per heavy atom. The van der Waals surface area contributed by atoms with E-state index in [0.29, 0.717) is 6.61 Å². The number of rotatable bonds is 14.